The molecular formula is C16H24N2O2. The minimum absolute atomic E-state index is 0.532. The number of pyridine rings is 1. The van der Waals surface area contributed by atoms with Crippen LogP contribution in [0.3, 0.4) is 0 Å². The second-order valence-corrected chi connectivity index (χ2v) is 5.64. The summed E-state index contributed by atoms with van der Waals surface area (Å²) in [6.45, 7) is 8.56. The molecule has 3 heterocycles. The van der Waals surface area contributed by atoms with E-state index >= 15 is 0 Å². The summed E-state index contributed by atoms with van der Waals surface area (Å²) in [5, 5.41) is 0. The number of nitrogens with zero attached hydrogens (tertiary/aromatic N) is 2. The molecule has 0 saturated carbocycles. The van der Waals surface area contributed by atoms with Crippen LogP contribution in [0.2, 0.25) is 0 Å². The van der Waals surface area contributed by atoms with E-state index in [0.29, 0.717) is 5.92 Å². The van der Waals surface area contributed by atoms with Gasteiger partial charge in [-0.2, -0.15) is 0 Å². The minimum atomic E-state index is 0.532. The molecule has 1 aromatic heterocycles. The van der Waals surface area contributed by atoms with Crippen molar-refractivity contribution in [3.63, 3.8) is 0 Å². The fraction of sp³-hybridized carbons (Fsp3) is 0.688. The molecule has 4 heteroatoms. The van der Waals surface area contributed by atoms with E-state index < -0.39 is 0 Å². The zero-order chi connectivity index (χ0) is 13.8. The number of rotatable bonds is 4. The Balaban J connectivity index is 1.80. The number of aryl methyl sites for hydroxylation is 1. The van der Waals surface area contributed by atoms with Crippen LogP contribution in [0.15, 0.2) is 12.1 Å². The van der Waals surface area contributed by atoms with Crippen LogP contribution in [-0.4, -0.2) is 49.4 Å². The third kappa shape index (κ3) is 3.19. The van der Waals surface area contributed by atoms with Crippen LogP contribution in [0, 0.1) is 0 Å². The highest BCUT2D eigenvalue weighted by Gasteiger charge is 2.23. The van der Waals surface area contributed by atoms with Crippen LogP contribution in [0.25, 0.3) is 0 Å². The minimum Gasteiger partial charge on any atom is -0.381 e. The Hall–Kier alpha value is -0.970. The van der Waals surface area contributed by atoms with Gasteiger partial charge in [0.25, 0.3) is 0 Å². The molecule has 4 nitrogen and oxygen atoms in total. The van der Waals surface area contributed by atoms with Gasteiger partial charge < -0.3 is 9.47 Å². The van der Waals surface area contributed by atoms with Crippen LogP contribution in [0.4, 0.5) is 0 Å². The average molecular weight is 276 g/mol. The van der Waals surface area contributed by atoms with Gasteiger partial charge in [0.15, 0.2) is 0 Å². The topological polar surface area (TPSA) is 34.6 Å². The summed E-state index contributed by atoms with van der Waals surface area (Å²) in [5.74, 6) is 0.532. The Labute approximate surface area is 121 Å². The maximum absolute atomic E-state index is 5.55. The number of hydrogen-bond donors (Lipinski definition) is 0. The Morgan fingerprint density at radius 2 is 2.05 bits per heavy atom. The molecule has 110 valence electrons. The molecule has 0 amide bonds. The number of ether oxygens (including phenoxy) is 2. The van der Waals surface area contributed by atoms with Gasteiger partial charge in [0.05, 0.1) is 25.5 Å². The molecule has 2 aliphatic heterocycles. The van der Waals surface area contributed by atoms with Gasteiger partial charge in [-0.05, 0) is 24.5 Å². The first-order valence-corrected chi connectivity index (χ1v) is 7.73. The molecule has 0 spiro atoms. The quantitative estimate of drug-likeness (QED) is 0.842. The van der Waals surface area contributed by atoms with E-state index in [9.17, 15) is 0 Å². The van der Waals surface area contributed by atoms with Gasteiger partial charge in [-0.25, -0.2) is 0 Å². The fourth-order valence-corrected chi connectivity index (χ4v) is 3.00. The first-order valence-electron chi connectivity index (χ1n) is 7.73. The molecular weight excluding hydrogens is 252 g/mol. The van der Waals surface area contributed by atoms with E-state index in [1.807, 2.05) is 0 Å². The maximum atomic E-state index is 5.55. The zero-order valence-corrected chi connectivity index (χ0v) is 12.3. The van der Waals surface area contributed by atoms with Crippen LogP contribution in [0.1, 0.15) is 36.2 Å². The molecule has 0 bridgehead atoms. The Kier molecular flexibility index (Phi) is 4.65. The smallest absolute Gasteiger partial charge is 0.0594 e. The molecule has 1 atom stereocenters. The summed E-state index contributed by atoms with van der Waals surface area (Å²) in [4.78, 5) is 7.34. The number of aromatic nitrogens is 1. The molecule has 0 N–H and O–H groups in total. The Morgan fingerprint density at radius 3 is 2.75 bits per heavy atom. The van der Waals surface area contributed by atoms with Crippen LogP contribution in [0.5, 0.6) is 0 Å². The first-order chi connectivity index (χ1) is 9.86. The largest absolute Gasteiger partial charge is 0.381 e. The zero-order valence-electron chi connectivity index (χ0n) is 12.3. The second-order valence-electron chi connectivity index (χ2n) is 5.64. The first kappa shape index (κ1) is 14.0. The molecule has 0 radical (unpaired) electrons. The number of morpholine rings is 1. The fourth-order valence-electron chi connectivity index (χ4n) is 3.00. The van der Waals surface area contributed by atoms with Crippen LogP contribution in [-0.2, 0) is 22.4 Å². The van der Waals surface area contributed by atoms with E-state index in [2.05, 4.69) is 24.0 Å². The van der Waals surface area contributed by atoms with Gasteiger partial charge in [-0.1, -0.05) is 13.0 Å². The molecule has 2 saturated heterocycles. The summed E-state index contributed by atoms with van der Waals surface area (Å²) in [7, 11) is 0. The molecule has 1 aromatic rings. The number of hydrogen-bond acceptors (Lipinski definition) is 4. The average Bonchev–Trinajstić information content (AvgIpc) is 3.02. The highest BCUT2D eigenvalue weighted by atomic mass is 16.5. The molecule has 2 aliphatic rings. The third-order valence-electron chi connectivity index (χ3n) is 4.28. The van der Waals surface area contributed by atoms with Gasteiger partial charge in [0.1, 0.15) is 0 Å². The highest BCUT2D eigenvalue weighted by molar-refractivity contribution is 5.28. The highest BCUT2D eigenvalue weighted by Crippen LogP contribution is 2.28. The molecule has 20 heavy (non-hydrogen) atoms. The molecule has 1 unspecified atom stereocenters. The lowest BCUT2D eigenvalue weighted by Gasteiger charge is -2.27. The third-order valence-corrected chi connectivity index (χ3v) is 4.28. The van der Waals surface area contributed by atoms with Crippen molar-refractivity contribution in [2.24, 2.45) is 0 Å². The van der Waals surface area contributed by atoms with Crippen molar-refractivity contribution >= 4 is 0 Å². The molecule has 3 rings (SSSR count). The van der Waals surface area contributed by atoms with E-state index in [0.717, 1.165) is 58.9 Å². The lowest BCUT2D eigenvalue weighted by atomic mass is 9.96. The Bertz CT molecular complexity index is 438. The lowest BCUT2D eigenvalue weighted by molar-refractivity contribution is 0.0334. The van der Waals surface area contributed by atoms with Crippen LogP contribution < -0.4 is 0 Å². The van der Waals surface area contributed by atoms with Gasteiger partial charge in [0, 0.05) is 37.9 Å². The lowest BCUT2D eigenvalue weighted by Crippen LogP contribution is -2.36. The predicted octanol–water partition coefficient (Wildman–Crippen LogP) is 1.98. The van der Waals surface area contributed by atoms with E-state index in [1.54, 1.807) is 0 Å². The summed E-state index contributed by atoms with van der Waals surface area (Å²) in [5.41, 5.74) is 3.84. The van der Waals surface area contributed by atoms with Gasteiger partial charge in [0.2, 0.25) is 0 Å². The van der Waals surface area contributed by atoms with Gasteiger partial charge in [-0.15, -0.1) is 0 Å². The normalized spacial score (nSPS) is 24.1. The summed E-state index contributed by atoms with van der Waals surface area (Å²) >= 11 is 0. The predicted molar refractivity (Wildman–Crippen MR) is 77.9 cm³/mol. The summed E-state index contributed by atoms with van der Waals surface area (Å²) in [6.07, 6.45) is 2.13. The van der Waals surface area contributed by atoms with Crippen molar-refractivity contribution in [2.45, 2.75) is 32.2 Å². The SMILES string of the molecule is CCc1ccc(C2CCOC2)c(CN2CCOCC2)n1. The maximum Gasteiger partial charge on any atom is 0.0594 e. The van der Waals surface area contributed by atoms with Crippen molar-refractivity contribution in [1.29, 1.82) is 0 Å². The van der Waals surface area contributed by atoms with E-state index in [4.69, 9.17) is 14.5 Å². The Morgan fingerprint density at radius 1 is 1.20 bits per heavy atom. The molecule has 0 aromatic carbocycles. The van der Waals surface area contributed by atoms with E-state index in [-0.39, 0.29) is 0 Å². The van der Waals surface area contributed by atoms with Crippen molar-refractivity contribution in [2.75, 3.05) is 39.5 Å². The summed E-state index contributed by atoms with van der Waals surface area (Å²) < 4.78 is 11.0. The van der Waals surface area contributed by atoms with Crippen LogP contribution >= 0.6 is 0 Å². The van der Waals surface area contributed by atoms with E-state index in [1.165, 1.54) is 17.0 Å². The van der Waals surface area contributed by atoms with Gasteiger partial charge in [-0.3, -0.25) is 9.88 Å². The monoisotopic (exact) mass is 276 g/mol. The van der Waals surface area contributed by atoms with Crippen molar-refractivity contribution in [3.8, 4) is 0 Å². The van der Waals surface area contributed by atoms with Crippen molar-refractivity contribution in [3.05, 3.63) is 29.1 Å². The standard InChI is InChI=1S/C16H24N2O2/c1-2-14-3-4-15(13-5-8-20-12-13)16(17-14)11-18-6-9-19-10-7-18/h3-4,13H,2,5-12H2,1H3. The second kappa shape index (κ2) is 6.66. The summed E-state index contributed by atoms with van der Waals surface area (Å²) in [6, 6.07) is 4.46. The van der Waals surface area contributed by atoms with Gasteiger partial charge >= 0.3 is 0 Å². The van der Waals surface area contributed by atoms with Crippen molar-refractivity contribution < 1.29 is 9.47 Å². The molecule has 2 fully saturated rings. The molecule has 0 aliphatic carbocycles. The van der Waals surface area contributed by atoms with Crippen molar-refractivity contribution in [1.82, 2.24) is 9.88 Å².